The summed E-state index contributed by atoms with van der Waals surface area (Å²) in [5, 5.41) is 3.69. The summed E-state index contributed by atoms with van der Waals surface area (Å²) in [6.45, 7) is 7.28. The Balaban J connectivity index is 2.11. The van der Waals surface area contributed by atoms with Gasteiger partial charge in [0.15, 0.2) is 0 Å². The van der Waals surface area contributed by atoms with E-state index in [2.05, 4.69) is 37.4 Å². The monoisotopic (exact) mass is 277 g/mol. The molecule has 1 aromatic rings. The largest absolute Gasteiger partial charge is 0.497 e. The average Bonchev–Trinajstić information content (AvgIpc) is 2.96. The SMILES string of the molecule is CCCNC(CC1CCOC1)c1ccc(OC)cc1C. The second kappa shape index (κ2) is 7.65. The van der Waals surface area contributed by atoms with Gasteiger partial charge < -0.3 is 14.8 Å². The molecular weight excluding hydrogens is 250 g/mol. The van der Waals surface area contributed by atoms with Gasteiger partial charge in [-0.05, 0) is 61.9 Å². The minimum atomic E-state index is 0.424. The van der Waals surface area contributed by atoms with E-state index in [0.717, 1.165) is 38.3 Å². The van der Waals surface area contributed by atoms with Gasteiger partial charge in [0.2, 0.25) is 0 Å². The number of nitrogens with one attached hydrogen (secondary N) is 1. The lowest BCUT2D eigenvalue weighted by Crippen LogP contribution is -2.25. The molecule has 0 aliphatic carbocycles. The van der Waals surface area contributed by atoms with Crippen LogP contribution in [0.4, 0.5) is 0 Å². The van der Waals surface area contributed by atoms with Gasteiger partial charge in [0.25, 0.3) is 0 Å². The molecule has 1 saturated heterocycles. The van der Waals surface area contributed by atoms with Crippen LogP contribution in [0.15, 0.2) is 18.2 Å². The fraction of sp³-hybridized carbons (Fsp3) is 0.647. The van der Waals surface area contributed by atoms with E-state index in [0.29, 0.717) is 12.0 Å². The molecule has 2 rings (SSSR count). The van der Waals surface area contributed by atoms with Crippen LogP contribution in [0, 0.1) is 12.8 Å². The van der Waals surface area contributed by atoms with Crippen LogP contribution < -0.4 is 10.1 Å². The second-order valence-electron chi connectivity index (χ2n) is 5.69. The molecule has 20 heavy (non-hydrogen) atoms. The molecule has 2 unspecified atom stereocenters. The molecule has 1 fully saturated rings. The van der Waals surface area contributed by atoms with Crippen LogP contribution >= 0.6 is 0 Å². The third kappa shape index (κ3) is 3.97. The highest BCUT2D eigenvalue weighted by molar-refractivity contribution is 5.36. The van der Waals surface area contributed by atoms with Crippen LogP contribution in [0.5, 0.6) is 5.75 Å². The maximum Gasteiger partial charge on any atom is 0.119 e. The van der Waals surface area contributed by atoms with E-state index in [1.807, 2.05) is 0 Å². The summed E-state index contributed by atoms with van der Waals surface area (Å²) in [7, 11) is 1.72. The zero-order chi connectivity index (χ0) is 14.4. The number of aryl methyl sites for hydroxylation is 1. The van der Waals surface area contributed by atoms with E-state index in [1.165, 1.54) is 17.5 Å². The van der Waals surface area contributed by atoms with Crippen molar-refractivity contribution < 1.29 is 9.47 Å². The van der Waals surface area contributed by atoms with Gasteiger partial charge in [-0.25, -0.2) is 0 Å². The van der Waals surface area contributed by atoms with Gasteiger partial charge in [-0.15, -0.1) is 0 Å². The fourth-order valence-electron chi connectivity index (χ4n) is 2.91. The van der Waals surface area contributed by atoms with Crippen molar-refractivity contribution >= 4 is 0 Å². The molecule has 112 valence electrons. The van der Waals surface area contributed by atoms with E-state index in [9.17, 15) is 0 Å². The van der Waals surface area contributed by atoms with E-state index in [4.69, 9.17) is 9.47 Å². The first-order chi connectivity index (χ1) is 9.74. The molecule has 3 heteroatoms. The van der Waals surface area contributed by atoms with Crippen molar-refractivity contribution in [2.75, 3.05) is 26.9 Å². The van der Waals surface area contributed by atoms with Crippen molar-refractivity contribution in [3.63, 3.8) is 0 Å². The molecule has 0 radical (unpaired) electrons. The minimum Gasteiger partial charge on any atom is -0.497 e. The molecule has 0 bridgehead atoms. The summed E-state index contributed by atoms with van der Waals surface area (Å²) < 4.78 is 10.8. The maximum atomic E-state index is 5.52. The Kier molecular flexibility index (Phi) is 5.86. The van der Waals surface area contributed by atoms with Gasteiger partial charge in [-0.3, -0.25) is 0 Å². The maximum absolute atomic E-state index is 5.52. The Morgan fingerprint density at radius 2 is 2.30 bits per heavy atom. The van der Waals surface area contributed by atoms with Crippen molar-refractivity contribution in [3.05, 3.63) is 29.3 Å². The van der Waals surface area contributed by atoms with Gasteiger partial charge in [-0.1, -0.05) is 13.0 Å². The molecule has 0 spiro atoms. The van der Waals surface area contributed by atoms with E-state index in [1.54, 1.807) is 7.11 Å². The normalized spacial score (nSPS) is 20.1. The third-order valence-corrected chi connectivity index (χ3v) is 4.09. The molecule has 1 aromatic carbocycles. The highest BCUT2D eigenvalue weighted by Crippen LogP contribution is 2.30. The molecule has 1 aliphatic rings. The second-order valence-corrected chi connectivity index (χ2v) is 5.69. The Hall–Kier alpha value is -1.06. The van der Waals surface area contributed by atoms with E-state index >= 15 is 0 Å². The topological polar surface area (TPSA) is 30.5 Å². The van der Waals surface area contributed by atoms with Crippen LogP contribution in [-0.4, -0.2) is 26.9 Å². The summed E-state index contributed by atoms with van der Waals surface area (Å²) >= 11 is 0. The Labute approximate surface area is 122 Å². The van der Waals surface area contributed by atoms with Crippen LogP contribution in [0.2, 0.25) is 0 Å². The smallest absolute Gasteiger partial charge is 0.119 e. The van der Waals surface area contributed by atoms with Crippen LogP contribution in [-0.2, 0) is 4.74 Å². The standard InChI is InChI=1S/C17H27NO2/c1-4-8-18-17(11-14-7-9-20-12-14)16-6-5-15(19-3)10-13(16)2/h5-6,10,14,17-18H,4,7-9,11-12H2,1-3H3. The van der Waals surface area contributed by atoms with E-state index in [-0.39, 0.29) is 0 Å². The lowest BCUT2D eigenvalue weighted by molar-refractivity contribution is 0.181. The number of benzene rings is 1. The molecule has 1 N–H and O–H groups in total. The molecule has 2 atom stereocenters. The predicted octanol–water partition coefficient (Wildman–Crippen LogP) is 3.47. The van der Waals surface area contributed by atoms with Gasteiger partial charge in [0.1, 0.15) is 5.75 Å². The Bertz CT molecular complexity index is 413. The van der Waals surface area contributed by atoms with Crippen molar-refractivity contribution in [3.8, 4) is 5.75 Å². The Morgan fingerprint density at radius 3 is 2.90 bits per heavy atom. The van der Waals surface area contributed by atoms with Crippen LogP contribution in [0.25, 0.3) is 0 Å². The van der Waals surface area contributed by atoms with Crippen molar-refractivity contribution in [1.29, 1.82) is 0 Å². The fourth-order valence-corrected chi connectivity index (χ4v) is 2.91. The molecule has 3 nitrogen and oxygen atoms in total. The number of methoxy groups -OCH3 is 1. The van der Waals surface area contributed by atoms with E-state index < -0.39 is 0 Å². The number of hydrogen-bond donors (Lipinski definition) is 1. The van der Waals surface area contributed by atoms with Crippen LogP contribution in [0.3, 0.4) is 0 Å². The van der Waals surface area contributed by atoms with Crippen molar-refractivity contribution in [1.82, 2.24) is 5.32 Å². The molecule has 0 amide bonds. The highest BCUT2D eigenvalue weighted by Gasteiger charge is 2.22. The molecule has 1 aliphatic heterocycles. The number of hydrogen-bond acceptors (Lipinski definition) is 3. The molecule has 0 aromatic heterocycles. The minimum absolute atomic E-state index is 0.424. The lowest BCUT2D eigenvalue weighted by Gasteiger charge is -2.23. The summed E-state index contributed by atoms with van der Waals surface area (Å²) in [4.78, 5) is 0. The van der Waals surface area contributed by atoms with Gasteiger partial charge >= 0.3 is 0 Å². The molecule has 0 saturated carbocycles. The first-order valence-corrected chi connectivity index (χ1v) is 7.70. The zero-order valence-corrected chi connectivity index (χ0v) is 12.9. The average molecular weight is 277 g/mol. The zero-order valence-electron chi connectivity index (χ0n) is 12.9. The third-order valence-electron chi connectivity index (χ3n) is 4.09. The Morgan fingerprint density at radius 1 is 1.45 bits per heavy atom. The van der Waals surface area contributed by atoms with Crippen molar-refractivity contribution in [2.45, 2.75) is 39.2 Å². The first kappa shape index (κ1) is 15.3. The number of rotatable bonds is 7. The molecule has 1 heterocycles. The summed E-state index contributed by atoms with van der Waals surface area (Å²) in [5.74, 6) is 1.62. The van der Waals surface area contributed by atoms with Gasteiger partial charge in [0.05, 0.1) is 7.11 Å². The van der Waals surface area contributed by atoms with Gasteiger partial charge in [-0.2, -0.15) is 0 Å². The predicted molar refractivity (Wildman–Crippen MR) is 82.3 cm³/mol. The van der Waals surface area contributed by atoms with Crippen molar-refractivity contribution in [2.24, 2.45) is 5.92 Å². The first-order valence-electron chi connectivity index (χ1n) is 7.70. The highest BCUT2D eigenvalue weighted by atomic mass is 16.5. The molecular formula is C17H27NO2. The lowest BCUT2D eigenvalue weighted by atomic mass is 9.91. The summed E-state index contributed by atoms with van der Waals surface area (Å²) in [6, 6.07) is 6.82. The number of ether oxygens (including phenoxy) is 2. The van der Waals surface area contributed by atoms with Crippen LogP contribution in [0.1, 0.15) is 43.4 Å². The van der Waals surface area contributed by atoms with Gasteiger partial charge in [0, 0.05) is 19.3 Å². The quantitative estimate of drug-likeness (QED) is 0.828. The summed E-state index contributed by atoms with van der Waals surface area (Å²) in [6.07, 6.45) is 3.51. The summed E-state index contributed by atoms with van der Waals surface area (Å²) in [5.41, 5.74) is 2.70.